The van der Waals surface area contributed by atoms with Gasteiger partial charge in [-0.25, -0.2) is 14.6 Å². The van der Waals surface area contributed by atoms with Gasteiger partial charge in [-0.05, 0) is 24.5 Å². The van der Waals surface area contributed by atoms with Crippen LogP contribution in [0.2, 0.25) is 0 Å². The molecule has 0 fully saturated rings. The third-order valence-electron chi connectivity index (χ3n) is 2.67. The smallest absolute Gasteiger partial charge is 0.341 e. The quantitative estimate of drug-likeness (QED) is 0.620. The number of carbonyl (C=O) groups is 2. The molecular weight excluding hydrogens is 294 g/mol. The SMILES string of the molecule is COC(=O)c1ccoc1COC(=O)c1cccnc1SC. The second-order valence-electron chi connectivity index (χ2n) is 3.89. The van der Waals surface area contributed by atoms with Crippen LogP contribution in [0.1, 0.15) is 26.5 Å². The number of hydrogen-bond acceptors (Lipinski definition) is 7. The van der Waals surface area contributed by atoms with Crippen LogP contribution in [0.15, 0.2) is 40.1 Å². The Morgan fingerprint density at radius 3 is 2.81 bits per heavy atom. The molecule has 0 saturated carbocycles. The lowest BCUT2D eigenvalue weighted by Gasteiger charge is -2.06. The molecule has 0 aromatic carbocycles. The van der Waals surface area contributed by atoms with E-state index in [1.54, 1.807) is 18.3 Å². The van der Waals surface area contributed by atoms with Crippen LogP contribution in [-0.4, -0.2) is 30.3 Å². The van der Waals surface area contributed by atoms with E-state index in [0.717, 1.165) is 0 Å². The van der Waals surface area contributed by atoms with Crippen molar-refractivity contribution in [2.45, 2.75) is 11.6 Å². The fourth-order valence-electron chi connectivity index (χ4n) is 1.66. The fourth-order valence-corrected chi connectivity index (χ4v) is 2.20. The first-order chi connectivity index (χ1) is 10.2. The van der Waals surface area contributed by atoms with E-state index in [9.17, 15) is 9.59 Å². The topological polar surface area (TPSA) is 78.6 Å². The maximum atomic E-state index is 12.0. The second-order valence-corrected chi connectivity index (χ2v) is 4.68. The van der Waals surface area contributed by atoms with E-state index in [-0.39, 0.29) is 17.9 Å². The van der Waals surface area contributed by atoms with Crippen LogP contribution in [0, 0.1) is 0 Å². The minimum Gasteiger partial charge on any atom is -0.465 e. The van der Waals surface area contributed by atoms with Gasteiger partial charge in [0.05, 0.1) is 18.9 Å². The molecule has 0 aliphatic rings. The van der Waals surface area contributed by atoms with Crippen LogP contribution in [0.4, 0.5) is 0 Å². The first-order valence-electron chi connectivity index (χ1n) is 5.98. The molecule has 0 radical (unpaired) electrons. The number of methoxy groups -OCH3 is 1. The lowest BCUT2D eigenvalue weighted by Crippen LogP contribution is -2.09. The van der Waals surface area contributed by atoms with Gasteiger partial charge in [0, 0.05) is 6.20 Å². The molecule has 0 atom stereocenters. The van der Waals surface area contributed by atoms with Crippen LogP contribution >= 0.6 is 11.8 Å². The van der Waals surface area contributed by atoms with Crippen molar-refractivity contribution in [3.8, 4) is 0 Å². The molecule has 0 spiro atoms. The Labute approximate surface area is 125 Å². The van der Waals surface area contributed by atoms with Crippen molar-refractivity contribution >= 4 is 23.7 Å². The summed E-state index contributed by atoms with van der Waals surface area (Å²) in [4.78, 5) is 27.6. The summed E-state index contributed by atoms with van der Waals surface area (Å²) in [7, 11) is 1.27. The van der Waals surface area contributed by atoms with Crippen LogP contribution in [0.3, 0.4) is 0 Å². The van der Waals surface area contributed by atoms with Crippen molar-refractivity contribution < 1.29 is 23.5 Å². The van der Waals surface area contributed by atoms with Crippen molar-refractivity contribution in [1.82, 2.24) is 4.98 Å². The zero-order chi connectivity index (χ0) is 15.2. The van der Waals surface area contributed by atoms with Gasteiger partial charge in [-0.2, -0.15) is 0 Å². The van der Waals surface area contributed by atoms with Gasteiger partial charge in [0.2, 0.25) is 0 Å². The third kappa shape index (κ3) is 3.43. The van der Waals surface area contributed by atoms with Gasteiger partial charge in [0.25, 0.3) is 0 Å². The van der Waals surface area contributed by atoms with E-state index in [1.807, 2.05) is 6.26 Å². The number of pyridine rings is 1. The van der Waals surface area contributed by atoms with Crippen molar-refractivity contribution in [3.05, 3.63) is 47.5 Å². The Kier molecular flexibility index (Phi) is 4.99. The summed E-state index contributed by atoms with van der Waals surface area (Å²) in [5.41, 5.74) is 0.609. The Hall–Kier alpha value is -2.28. The maximum absolute atomic E-state index is 12.0. The molecule has 21 heavy (non-hydrogen) atoms. The number of esters is 2. The van der Waals surface area contributed by atoms with E-state index in [2.05, 4.69) is 9.72 Å². The third-order valence-corrected chi connectivity index (χ3v) is 3.38. The highest BCUT2D eigenvalue weighted by molar-refractivity contribution is 7.98. The zero-order valence-corrected chi connectivity index (χ0v) is 12.3. The predicted molar refractivity (Wildman–Crippen MR) is 75.2 cm³/mol. The van der Waals surface area contributed by atoms with E-state index in [0.29, 0.717) is 10.6 Å². The normalized spacial score (nSPS) is 10.2. The van der Waals surface area contributed by atoms with Crippen LogP contribution in [-0.2, 0) is 16.1 Å². The molecule has 0 bridgehead atoms. The average Bonchev–Trinajstić information content (AvgIpc) is 3.00. The van der Waals surface area contributed by atoms with Crippen molar-refractivity contribution in [1.29, 1.82) is 0 Å². The molecule has 0 aliphatic heterocycles. The number of ether oxygens (including phenoxy) is 2. The molecule has 110 valence electrons. The molecule has 2 aromatic rings. The van der Waals surface area contributed by atoms with Gasteiger partial charge < -0.3 is 13.9 Å². The van der Waals surface area contributed by atoms with Gasteiger partial charge in [0.15, 0.2) is 12.4 Å². The molecule has 0 saturated heterocycles. The lowest BCUT2D eigenvalue weighted by molar-refractivity contribution is 0.0427. The first kappa shape index (κ1) is 15.1. The molecule has 6 nitrogen and oxygen atoms in total. The number of thioether (sulfide) groups is 1. The number of rotatable bonds is 5. The molecule has 0 aliphatic carbocycles. The number of furan rings is 1. The van der Waals surface area contributed by atoms with Crippen molar-refractivity contribution in [2.75, 3.05) is 13.4 Å². The largest absolute Gasteiger partial charge is 0.465 e. The first-order valence-corrected chi connectivity index (χ1v) is 7.20. The van der Waals surface area contributed by atoms with Crippen LogP contribution < -0.4 is 0 Å². The molecule has 0 N–H and O–H groups in total. The predicted octanol–water partition coefficient (Wildman–Crippen LogP) is 2.54. The summed E-state index contributed by atoms with van der Waals surface area (Å²) < 4.78 is 14.9. The number of hydrogen-bond donors (Lipinski definition) is 0. The molecular formula is C14H13NO5S. The molecule has 0 unspecified atom stereocenters. The number of carbonyl (C=O) groups excluding carboxylic acids is 2. The number of nitrogens with zero attached hydrogens (tertiary/aromatic N) is 1. The van der Waals surface area contributed by atoms with E-state index in [4.69, 9.17) is 9.15 Å². The minimum absolute atomic E-state index is 0.154. The highest BCUT2D eigenvalue weighted by Gasteiger charge is 2.18. The fraction of sp³-hybridized carbons (Fsp3) is 0.214. The van der Waals surface area contributed by atoms with Crippen molar-refractivity contribution in [3.63, 3.8) is 0 Å². The summed E-state index contributed by atoms with van der Waals surface area (Å²) in [5, 5.41) is 0.579. The molecule has 7 heteroatoms. The summed E-state index contributed by atoms with van der Waals surface area (Å²) in [6, 6.07) is 4.75. The molecule has 2 rings (SSSR count). The summed E-state index contributed by atoms with van der Waals surface area (Å²) in [6.07, 6.45) is 4.76. The minimum atomic E-state index is -0.541. The van der Waals surface area contributed by atoms with Crippen LogP contribution in [0.5, 0.6) is 0 Å². The van der Waals surface area contributed by atoms with Crippen LogP contribution in [0.25, 0.3) is 0 Å². The highest BCUT2D eigenvalue weighted by atomic mass is 32.2. The molecule has 2 aromatic heterocycles. The molecule has 2 heterocycles. The average molecular weight is 307 g/mol. The van der Waals surface area contributed by atoms with Crippen molar-refractivity contribution in [2.24, 2.45) is 0 Å². The van der Waals surface area contributed by atoms with Gasteiger partial charge in [-0.15, -0.1) is 11.8 Å². The zero-order valence-electron chi connectivity index (χ0n) is 11.5. The Morgan fingerprint density at radius 2 is 2.10 bits per heavy atom. The Morgan fingerprint density at radius 1 is 1.29 bits per heavy atom. The summed E-state index contributed by atoms with van der Waals surface area (Å²) >= 11 is 1.35. The van der Waals surface area contributed by atoms with Gasteiger partial charge in [0.1, 0.15) is 10.6 Å². The van der Waals surface area contributed by atoms with Gasteiger partial charge in [-0.3, -0.25) is 0 Å². The van der Waals surface area contributed by atoms with E-state index < -0.39 is 11.9 Å². The monoisotopic (exact) mass is 307 g/mol. The second kappa shape index (κ2) is 6.94. The standard InChI is InChI=1S/C14H13NO5S/c1-18-13(16)9-5-7-19-11(9)8-20-14(17)10-4-3-6-15-12(10)21-2/h3-7H,8H2,1-2H3. The summed E-state index contributed by atoms with van der Waals surface area (Å²) in [6.45, 7) is -0.154. The van der Waals surface area contributed by atoms with Gasteiger partial charge >= 0.3 is 11.9 Å². The Balaban J connectivity index is 2.08. The lowest BCUT2D eigenvalue weighted by atomic mass is 10.2. The maximum Gasteiger partial charge on any atom is 0.341 e. The number of aromatic nitrogens is 1. The molecule has 0 amide bonds. The van der Waals surface area contributed by atoms with Gasteiger partial charge in [-0.1, -0.05) is 0 Å². The van der Waals surface area contributed by atoms with E-state index >= 15 is 0 Å². The summed E-state index contributed by atoms with van der Waals surface area (Å²) in [5.74, 6) is -0.828. The Bertz CT molecular complexity index is 652. The highest BCUT2D eigenvalue weighted by Crippen LogP contribution is 2.19. The van der Waals surface area contributed by atoms with E-state index in [1.165, 1.54) is 31.2 Å².